The van der Waals surface area contributed by atoms with Crippen LogP contribution in [-0.2, 0) is 11.2 Å². The van der Waals surface area contributed by atoms with E-state index in [-0.39, 0.29) is 5.91 Å². The fraction of sp³-hybridized carbons (Fsp3) is 0.211. The average Bonchev–Trinajstić information content (AvgIpc) is 3.11. The van der Waals surface area contributed by atoms with Crippen molar-refractivity contribution in [2.75, 3.05) is 11.4 Å². The van der Waals surface area contributed by atoms with Gasteiger partial charge in [0.2, 0.25) is 11.7 Å². The molecule has 1 unspecified atom stereocenters. The minimum absolute atomic E-state index is 0.0884. The molecule has 7 heteroatoms. The molecule has 1 amide bonds. The Kier molecular flexibility index (Phi) is 4.34. The van der Waals surface area contributed by atoms with Gasteiger partial charge in [0, 0.05) is 18.5 Å². The van der Waals surface area contributed by atoms with Crippen LogP contribution in [0.3, 0.4) is 0 Å². The summed E-state index contributed by atoms with van der Waals surface area (Å²) in [6.07, 6.45) is -0.0872. The van der Waals surface area contributed by atoms with Crippen molar-refractivity contribution in [3.05, 3.63) is 59.4 Å². The zero-order valence-electron chi connectivity index (χ0n) is 14.1. The minimum Gasteiger partial charge on any atom is -0.479 e. The third-order valence-corrected chi connectivity index (χ3v) is 4.54. The molecule has 6 nitrogen and oxygen atoms in total. The van der Waals surface area contributed by atoms with Crippen LogP contribution >= 0.6 is 11.6 Å². The summed E-state index contributed by atoms with van der Waals surface area (Å²) in [7, 11) is 0. The first-order valence-corrected chi connectivity index (χ1v) is 8.66. The van der Waals surface area contributed by atoms with Crippen LogP contribution in [0.15, 0.2) is 53.1 Å². The number of anilines is 1. The molecule has 0 bridgehead atoms. The van der Waals surface area contributed by atoms with E-state index in [1.165, 1.54) is 0 Å². The first-order chi connectivity index (χ1) is 12.6. The highest BCUT2D eigenvalue weighted by Gasteiger charge is 2.31. The van der Waals surface area contributed by atoms with Crippen molar-refractivity contribution in [2.24, 2.45) is 0 Å². The molecule has 0 aliphatic carbocycles. The Morgan fingerprint density at radius 3 is 2.77 bits per heavy atom. The molecule has 2 aromatic carbocycles. The van der Waals surface area contributed by atoms with Crippen molar-refractivity contribution in [1.82, 2.24) is 10.1 Å². The van der Waals surface area contributed by atoms with Crippen molar-refractivity contribution in [3.63, 3.8) is 0 Å². The number of halogens is 1. The van der Waals surface area contributed by atoms with Crippen molar-refractivity contribution in [2.45, 2.75) is 19.4 Å². The predicted molar refractivity (Wildman–Crippen MR) is 97.3 cm³/mol. The molecule has 26 heavy (non-hydrogen) atoms. The summed E-state index contributed by atoms with van der Waals surface area (Å²) in [5.74, 6) is 1.49. The Bertz CT molecular complexity index is 956. The number of hydrogen-bond donors (Lipinski definition) is 0. The van der Waals surface area contributed by atoms with Gasteiger partial charge in [0.15, 0.2) is 6.10 Å². The summed E-state index contributed by atoms with van der Waals surface area (Å²) in [4.78, 5) is 18.6. The van der Waals surface area contributed by atoms with Gasteiger partial charge < -0.3 is 14.2 Å². The summed E-state index contributed by atoms with van der Waals surface area (Å²) in [6.45, 7) is 2.17. The molecule has 0 fully saturated rings. The molecule has 0 saturated carbocycles. The predicted octanol–water partition coefficient (Wildman–Crippen LogP) is 3.75. The second kappa shape index (κ2) is 6.80. The quantitative estimate of drug-likeness (QED) is 0.700. The Labute approximate surface area is 155 Å². The molecule has 0 saturated heterocycles. The number of ether oxygens (including phenoxy) is 1. The molecule has 3 aromatic rings. The van der Waals surface area contributed by atoms with Crippen molar-refractivity contribution in [3.8, 4) is 17.1 Å². The van der Waals surface area contributed by atoms with Gasteiger partial charge in [-0.3, -0.25) is 4.79 Å². The van der Waals surface area contributed by atoms with E-state index in [1.807, 2.05) is 42.5 Å². The monoisotopic (exact) mass is 369 g/mol. The summed E-state index contributed by atoms with van der Waals surface area (Å²) in [5, 5.41) is 4.55. The summed E-state index contributed by atoms with van der Waals surface area (Å²) in [6, 6.07) is 14.8. The van der Waals surface area contributed by atoms with E-state index < -0.39 is 6.10 Å². The molecule has 4 rings (SSSR count). The van der Waals surface area contributed by atoms with Crippen LogP contribution in [0.25, 0.3) is 11.4 Å². The fourth-order valence-electron chi connectivity index (χ4n) is 2.91. The minimum atomic E-state index is -0.522. The summed E-state index contributed by atoms with van der Waals surface area (Å²) >= 11 is 6.17. The summed E-state index contributed by atoms with van der Waals surface area (Å²) in [5.41, 5.74) is 1.46. The van der Waals surface area contributed by atoms with E-state index in [4.69, 9.17) is 20.9 Å². The van der Waals surface area contributed by atoms with Crippen LogP contribution in [-0.4, -0.2) is 28.7 Å². The second-order valence-corrected chi connectivity index (χ2v) is 6.37. The second-order valence-electron chi connectivity index (χ2n) is 5.96. The maximum Gasteiger partial charge on any atom is 0.267 e. The molecular formula is C19H16ClN3O3. The summed E-state index contributed by atoms with van der Waals surface area (Å²) < 4.78 is 11.0. The van der Waals surface area contributed by atoms with Crippen LogP contribution in [0, 0.1) is 0 Å². The number of amides is 1. The van der Waals surface area contributed by atoms with E-state index in [0.29, 0.717) is 41.0 Å². The Morgan fingerprint density at radius 2 is 1.92 bits per heavy atom. The fourth-order valence-corrected chi connectivity index (χ4v) is 3.13. The van der Waals surface area contributed by atoms with Gasteiger partial charge >= 0.3 is 0 Å². The Balaban J connectivity index is 1.53. The largest absolute Gasteiger partial charge is 0.479 e. The SMILES string of the molecule is CC1Oc2ccccc2N(CCc2nc(-c3ccccc3Cl)no2)C1=O. The number of fused-ring (bicyclic) bond motifs is 1. The number of benzene rings is 2. The van der Waals surface area contributed by atoms with E-state index >= 15 is 0 Å². The van der Waals surface area contributed by atoms with Crippen LogP contribution in [0.1, 0.15) is 12.8 Å². The van der Waals surface area contributed by atoms with Gasteiger partial charge in [-0.1, -0.05) is 41.0 Å². The number of carbonyl (C=O) groups excluding carboxylic acids is 1. The lowest BCUT2D eigenvalue weighted by atomic mass is 10.1. The lowest BCUT2D eigenvalue weighted by molar-refractivity contribution is -0.125. The van der Waals surface area contributed by atoms with Gasteiger partial charge in [-0.05, 0) is 31.2 Å². The van der Waals surface area contributed by atoms with Crippen molar-refractivity contribution in [1.29, 1.82) is 0 Å². The highest BCUT2D eigenvalue weighted by atomic mass is 35.5. The van der Waals surface area contributed by atoms with E-state index in [1.54, 1.807) is 17.9 Å². The van der Waals surface area contributed by atoms with Crippen LogP contribution in [0.5, 0.6) is 5.75 Å². The topological polar surface area (TPSA) is 68.5 Å². The maximum absolute atomic E-state index is 12.5. The Hall–Kier alpha value is -2.86. The molecule has 132 valence electrons. The zero-order chi connectivity index (χ0) is 18.1. The van der Waals surface area contributed by atoms with E-state index in [9.17, 15) is 4.79 Å². The third-order valence-electron chi connectivity index (χ3n) is 4.21. The lowest BCUT2D eigenvalue weighted by Gasteiger charge is -2.32. The van der Waals surface area contributed by atoms with Gasteiger partial charge in [-0.25, -0.2) is 0 Å². The first-order valence-electron chi connectivity index (χ1n) is 8.28. The molecule has 0 spiro atoms. The van der Waals surface area contributed by atoms with Gasteiger partial charge in [0.25, 0.3) is 5.91 Å². The standard InChI is InChI=1S/C19H16ClN3O3/c1-12-19(24)23(15-8-4-5-9-16(15)25-12)11-10-17-21-18(22-26-17)13-6-2-3-7-14(13)20/h2-9,12H,10-11H2,1H3. The lowest BCUT2D eigenvalue weighted by Crippen LogP contribution is -2.45. The molecule has 0 radical (unpaired) electrons. The normalized spacial score (nSPS) is 16.3. The van der Waals surface area contributed by atoms with Crippen LogP contribution < -0.4 is 9.64 Å². The molecule has 0 N–H and O–H groups in total. The molecule has 1 aromatic heterocycles. The maximum atomic E-state index is 12.5. The van der Waals surface area contributed by atoms with Crippen molar-refractivity contribution >= 4 is 23.2 Å². The van der Waals surface area contributed by atoms with Gasteiger partial charge in [0.05, 0.1) is 10.7 Å². The third kappa shape index (κ3) is 3.04. The number of rotatable bonds is 4. The van der Waals surface area contributed by atoms with Crippen molar-refractivity contribution < 1.29 is 14.1 Å². The van der Waals surface area contributed by atoms with Gasteiger partial charge in [-0.15, -0.1) is 0 Å². The number of nitrogens with zero attached hydrogens (tertiary/aromatic N) is 3. The molecule has 1 aliphatic rings. The number of para-hydroxylation sites is 2. The molecule has 1 aliphatic heterocycles. The van der Waals surface area contributed by atoms with Crippen LogP contribution in [0.2, 0.25) is 5.02 Å². The van der Waals surface area contributed by atoms with Crippen LogP contribution in [0.4, 0.5) is 5.69 Å². The van der Waals surface area contributed by atoms with Gasteiger partial charge in [-0.2, -0.15) is 4.98 Å². The number of hydrogen-bond acceptors (Lipinski definition) is 5. The van der Waals surface area contributed by atoms with E-state index in [2.05, 4.69) is 10.1 Å². The number of aromatic nitrogens is 2. The Morgan fingerprint density at radius 1 is 1.15 bits per heavy atom. The molecule has 1 atom stereocenters. The highest BCUT2D eigenvalue weighted by molar-refractivity contribution is 6.33. The molecular weight excluding hydrogens is 354 g/mol. The van der Waals surface area contributed by atoms with Gasteiger partial charge in [0.1, 0.15) is 5.75 Å². The number of carbonyl (C=O) groups is 1. The first kappa shape index (κ1) is 16.6. The highest BCUT2D eigenvalue weighted by Crippen LogP contribution is 2.33. The van der Waals surface area contributed by atoms with E-state index in [0.717, 1.165) is 5.69 Å². The molecule has 2 heterocycles. The average molecular weight is 370 g/mol. The zero-order valence-corrected chi connectivity index (χ0v) is 14.8. The smallest absolute Gasteiger partial charge is 0.267 e.